The van der Waals surface area contributed by atoms with Crippen LogP contribution in [0, 0.1) is 13.8 Å². The summed E-state index contributed by atoms with van der Waals surface area (Å²) in [5, 5.41) is 19.2. The third kappa shape index (κ3) is 2.00. The molecule has 0 spiro atoms. The van der Waals surface area contributed by atoms with Crippen molar-refractivity contribution in [3.63, 3.8) is 0 Å². The van der Waals surface area contributed by atoms with E-state index in [2.05, 4.69) is 0 Å². The van der Waals surface area contributed by atoms with Crippen LogP contribution in [0.3, 0.4) is 0 Å². The smallest absolute Gasteiger partial charge is 0.330 e. The van der Waals surface area contributed by atoms with Crippen molar-refractivity contribution in [2.45, 2.75) is 44.8 Å². The molecule has 0 bridgehead atoms. The summed E-state index contributed by atoms with van der Waals surface area (Å²) in [6.07, 6.45) is -7.67. The van der Waals surface area contributed by atoms with Gasteiger partial charge in [0.25, 0.3) is 5.56 Å². The average molecular weight is 290 g/mol. The molecule has 0 aliphatic carbocycles. The van der Waals surface area contributed by atoms with E-state index in [1.54, 1.807) is 0 Å². The number of hydrogen-bond acceptors (Lipinski definition) is 5. The van der Waals surface area contributed by atoms with Crippen LogP contribution in [-0.4, -0.2) is 44.2 Å². The Morgan fingerprint density at radius 1 is 1.55 bits per heavy atom. The lowest BCUT2D eigenvalue weighted by molar-refractivity contribution is -0.0622. The number of hydrogen-bond donors (Lipinski definition) is 3. The van der Waals surface area contributed by atoms with Crippen LogP contribution in [0.1, 0.15) is 27.2 Å². The second kappa shape index (κ2) is 4.80. The first-order valence-corrected chi connectivity index (χ1v) is 5.92. The Hall–Kier alpha value is -1.51. The molecule has 0 amide bonds. The number of rotatable bonds is 2. The first-order valence-electron chi connectivity index (χ1n) is 6.92. The fraction of sp³-hybridized carbons (Fsp3) is 0.667. The molecule has 4 atom stereocenters. The normalized spacial score (nSPS) is 42.4. The van der Waals surface area contributed by atoms with E-state index in [0.29, 0.717) is 0 Å². The van der Waals surface area contributed by atoms with E-state index in [1.165, 1.54) is 13.8 Å². The van der Waals surface area contributed by atoms with Gasteiger partial charge in [0.15, 0.2) is 11.9 Å². The van der Waals surface area contributed by atoms with Crippen molar-refractivity contribution in [2.75, 3.05) is 6.61 Å². The number of aromatic nitrogens is 2. The molecule has 8 heteroatoms. The molecule has 0 saturated carbocycles. The number of aromatic amines is 1. The van der Waals surface area contributed by atoms with Crippen molar-refractivity contribution in [1.29, 1.82) is 0 Å². The summed E-state index contributed by atoms with van der Waals surface area (Å²) >= 11 is 0. The van der Waals surface area contributed by atoms with Crippen molar-refractivity contribution in [1.82, 2.24) is 9.55 Å². The quantitative estimate of drug-likeness (QED) is 0.657. The molecule has 7 nitrogen and oxygen atoms in total. The van der Waals surface area contributed by atoms with Crippen molar-refractivity contribution in [3.05, 3.63) is 32.1 Å². The second-order valence-electron chi connectivity index (χ2n) is 4.82. The maximum atomic E-state index is 15.0. The number of nitrogens with zero attached hydrogens (tertiary/aromatic N) is 1. The standard InChI is InChI=1S/C12H17FN2O5/c1-5-6(2)15(11(19)14-9(5)18)10-12(3,13)8(17)7(4-16)20-10/h7-8,10,16-17H,4H2,1-3H3,(H,14,18,19)/t7-,8-,10-,12-/m1/s1/i7D,8D. The van der Waals surface area contributed by atoms with E-state index in [0.717, 1.165) is 11.5 Å². The molecule has 2 heterocycles. The Kier molecular flexibility index (Phi) is 2.94. The molecule has 3 N–H and O–H groups in total. The molecule has 2 rings (SSSR count). The summed E-state index contributed by atoms with van der Waals surface area (Å²) in [5.41, 5.74) is -4.35. The zero-order valence-electron chi connectivity index (χ0n) is 13.2. The van der Waals surface area contributed by atoms with Gasteiger partial charge < -0.3 is 14.9 Å². The van der Waals surface area contributed by atoms with Crippen LogP contribution in [0.4, 0.5) is 4.39 Å². The van der Waals surface area contributed by atoms with Crippen LogP contribution < -0.4 is 11.2 Å². The highest BCUT2D eigenvalue weighted by Gasteiger charge is 2.55. The highest BCUT2D eigenvalue weighted by atomic mass is 19.1. The average Bonchev–Trinajstić information content (AvgIpc) is 2.55. The van der Waals surface area contributed by atoms with Gasteiger partial charge in [-0.15, -0.1) is 0 Å². The predicted molar refractivity (Wildman–Crippen MR) is 67.3 cm³/mol. The third-order valence-corrected chi connectivity index (χ3v) is 3.51. The fourth-order valence-corrected chi connectivity index (χ4v) is 2.13. The minimum Gasteiger partial charge on any atom is -0.394 e. The topological polar surface area (TPSA) is 105 Å². The summed E-state index contributed by atoms with van der Waals surface area (Å²) in [4.78, 5) is 25.5. The van der Waals surface area contributed by atoms with Gasteiger partial charge >= 0.3 is 5.69 Å². The van der Waals surface area contributed by atoms with E-state index in [-0.39, 0.29) is 11.3 Å². The van der Waals surface area contributed by atoms with Crippen LogP contribution in [0.5, 0.6) is 0 Å². The predicted octanol–water partition coefficient (Wildman–Crippen LogP) is -0.868. The van der Waals surface area contributed by atoms with Crippen LogP contribution in [0.15, 0.2) is 9.59 Å². The molecular formula is C12H17FN2O5. The largest absolute Gasteiger partial charge is 0.394 e. The van der Waals surface area contributed by atoms with E-state index < -0.39 is 41.9 Å². The number of nitrogens with one attached hydrogen (secondary N) is 1. The van der Waals surface area contributed by atoms with Gasteiger partial charge in [-0.05, 0) is 20.8 Å². The zero-order valence-corrected chi connectivity index (χ0v) is 11.2. The Morgan fingerprint density at radius 3 is 2.65 bits per heavy atom. The summed E-state index contributed by atoms with van der Waals surface area (Å²) in [6, 6.07) is 0. The fourth-order valence-electron chi connectivity index (χ4n) is 2.13. The van der Waals surface area contributed by atoms with Gasteiger partial charge in [0.1, 0.15) is 12.2 Å². The molecule has 1 aromatic heterocycles. The molecular weight excluding hydrogens is 271 g/mol. The summed E-state index contributed by atoms with van der Waals surface area (Å²) in [6.45, 7) is 2.42. The molecule has 1 aliphatic rings. The molecule has 20 heavy (non-hydrogen) atoms. The molecule has 112 valence electrons. The minimum absolute atomic E-state index is 0.0700. The Labute approximate surface area is 116 Å². The molecule has 0 radical (unpaired) electrons. The number of halogens is 1. The highest BCUT2D eigenvalue weighted by Crippen LogP contribution is 2.40. The van der Waals surface area contributed by atoms with Gasteiger partial charge in [0.2, 0.25) is 0 Å². The maximum absolute atomic E-state index is 15.0. The van der Waals surface area contributed by atoms with Gasteiger partial charge in [0, 0.05) is 11.3 Å². The van der Waals surface area contributed by atoms with Crippen molar-refractivity contribution in [3.8, 4) is 0 Å². The Balaban J connectivity index is 2.73. The summed E-state index contributed by atoms with van der Waals surface area (Å²) < 4.78 is 36.2. The Morgan fingerprint density at radius 2 is 2.15 bits per heavy atom. The lowest BCUT2D eigenvalue weighted by atomic mass is 9.98. The van der Waals surface area contributed by atoms with Gasteiger partial charge in [-0.2, -0.15) is 0 Å². The maximum Gasteiger partial charge on any atom is 0.330 e. The monoisotopic (exact) mass is 290 g/mol. The first-order chi connectivity index (χ1) is 9.90. The van der Waals surface area contributed by atoms with Gasteiger partial charge in [-0.1, -0.05) is 0 Å². The number of aliphatic hydroxyl groups excluding tert-OH is 1. The minimum atomic E-state index is -3.13. The van der Waals surface area contributed by atoms with Crippen molar-refractivity contribution < 1.29 is 22.1 Å². The third-order valence-electron chi connectivity index (χ3n) is 3.51. The zero-order chi connectivity index (χ0) is 17.1. The molecule has 1 aliphatic heterocycles. The number of alkyl halides is 1. The molecule has 1 saturated heterocycles. The molecule has 0 unspecified atom stereocenters. The Bertz CT molecular complexity index is 729. The number of aliphatic hydroxyl groups is 2. The molecule has 0 aromatic carbocycles. The van der Waals surface area contributed by atoms with E-state index in [1.807, 2.05) is 4.98 Å². The summed E-state index contributed by atoms with van der Waals surface area (Å²) in [5.74, 6) is 0. The molecule has 1 aromatic rings. The second-order valence-corrected chi connectivity index (χ2v) is 4.82. The van der Waals surface area contributed by atoms with Gasteiger partial charge in [-0.3, -0.25) is 14.3 Å². The number of H-pyrrole nitrogens is 1. The van der Waals surface area contributed by atoms with E-state index >= 15 is 0 Å². The summed E-state index contributed by atoms with van der Waals surface area (Å²) in [7, 11) is 0. The first kappa shape index (κ1) is 12.2. The van der Waals surface area contributed by atoms with Crippen molar-refractivity contribution >= 4 is 0 Å². The lowest BCUT2D eigenvalue weighted by Crippen LogP contribution is -2.45. The van der Waals surface area contributed by atoms with Crippen molar-refractivity contribution in [2.24, 2.45) is 0 Å². The van der Waals surface area contributed by atoms with E-state index in [4.69, 9.17) is 7.48 Å². The number of ether oxygens (including phenoxy) is 1. The lowest BCUT2D eigenvalue weighted by Gasteiger charge is -2.26. The SMILES string of the molecule is [2H][C@@]1(O)[C@@]([2H])(CO)O[C@@H](n2c(C)c(C)c(=O)[nH]c2=O)[C@]1(C)F. The van der Waals surface area contributed by atoms with Crippen LogP contribution in [0.2, 0.25) is 0 Å². The van der Waals surface area contributed by atoms with Crippen LogP contribution >= 0.6 is 0 Å². The van der Waals surface area contributed by atoms with Crippen LogP contribution in [0.25, 0.3) is 0 Å². The van der Waals surface area contributed by atoms with Gasteiger partial charge in [-0.25, -0.2) is 9.18 Å². The van der Waals surface area contributed by atoms with Gasteiger partial charge in [0.05, 0.1) is 9.35 Å². The van der Waals surface area contributed by atoms with Crippen LogP contribution in [-0.2, 0) is 4.74 Å². The van der Waals surface area contributed by atoms with E-state index in [9.17, 15) is 24.2 Å². The highest BCUT2D eigenvalue weighted by molar-refractivity contribution is 5.16. The molecule has 1 fully saturated rings.